The van der Waals surface area contributed by atoms with Gasteiger partial charge in [0.1, 0.15) is 5.75 Å². The molecule has 0 radical (unpaired) electrons. The fourth-order valence-electron chi connectivity index (χ4n) is 3.75. The number of H-pyrrole nitrogens is 1. The summed E-state index contributed by atoms with van der Waals surface area (Å²) in [5, 5.41) is 7.03. The predicted molar refractivity (Wildman–Crippen MR) is 110 cm³/mol. The van der Waals surface area contributed by atoms with Crippen molar-refractivity contribution in [3.63, 3.8) is 0 Å². The van der Waals surface area contributed by atoms with Crippen LogP contribution in [-0.4, -0.2) is 67.0 Å². The number of aromatic nitrogens is 2. The van der Waals surface area contributed by atoms with Crippen molar-refractivity contribution in [3.05, 3.63) is 41.7 Å². The molecule has 2 heterocycles. The highest BCUT2D eigenvalue weighted by molar-refractivity contribution is 7.89. The van der Waals surface area contributed by atoms with E-state index in [0.29, 0.717) is 37.5 Å². The quantitative estimate of drug-likeness (QED) is 0.742. The maximum Gasteiger partial charge on any atom is 0.257 e. The molecule has 0 spiro atoms. The van der Waals surface area contributed by atoms with E-state index in [1.165, 1.54) is 4.31 Å². The van der Waals surface area contributed by atoms with Gasteiger partial charge >= 0.3 is 0 Å². The van der Waals surface area contributed by atoms with E-state index in [4.69, 9.17) is 4.74 Å². The summed E-state index contributed by atoms with van der Waals surface area (Å²) in [4.78, 5) is 14.8. The molecule has 1 atom stereocenters. The number of piperidine rings is 1. The summed E-state index contributed by atoms with van der Waals surface area (Å²) in [6, 6.07) is 6.40. The normalized spacial score (nSPS) is 17.8. The van der Waals surface area contributed by atoms with Gasteiger partial charge < -0.3 is 9.64 Å². The van der Waals surface area contributed by atoms with E-state index >= 15 is 0 Å². The monoisotopic (exact) mass is 420 g/mol. The highest BCUT2D eigenvalue weighted by atomic mass is 32.2. The van der Waals surface area contributed by atoms with Crippen LogP contribution in [0.5, 0.6) is 5.75 Å². The number of sulfonamides is 1. The van der Waals surface area contributed by atoms with Crippen LogP contribution in [0.25, 0.3) is 0 Å². The minimum Gasteiger partial charge on any atom is -0.497 e. The van der Waals surface area contributed by atoms with Crippen molar-refractivity contribution >= 4 is 15.9 Å². The van der Waals surface area contributed by atoms with Crippen LogP contribution >= 0.6 is 0 Å². The molecule has 1 aliphatic rings. The van der Waals surface area contributed by atoms with Crippen molar-refractivity contribution in [2.75, 3.05) is 33.3 Å². The van der Waals surface area contributed by atoms with E-state index in [0.717, 1.165) is 18.5 Å². The Morgan fingerprint density at radius 1 is 1.28 bits per heavy atom. The number of nitrogens with zero attached hydrogens (tertiary/aromatic N) is 3. The lowest BCUT2D eigenvalue weighted by Crippen LogP contribution is -2.40. The first kappa shape index (κ1) is 21.3. The molecule has 9 heteroatoms. The molecule has 1 aromatic heterocycles. The molecule has 8 nitrogen and oxygen atoms in total. The second-order valence-electron chi connectivity index (χ2n) is 7.05. The molecule has 0 aliphatic carbocycles. The van der Waals surface area contributed by atoms with Crippen LogP contribution in [0.2, 0.25) is 0 Å². The molecule has 1 amide bonds. The van der Waals surface area contributed by atoms with Gasteiger partial charge in [0.2, 0.25) is 10.0 Å². The lowest BCUT2D eigenvalue weighted by molar-refractivity contribution is 0.0771. The van der Waals surface area contributed by atoms with Crippen molar-refractivity contribution in [3.8, 4) is 5.75 Å². The van der Waals surface area contributed by atoms with Crippen LogP contribution in [0.4, 0.5) is 0 Å². The number of rotatable bonds is 7. The second kappa shape index (κ2) is 8.96. The third kappa shape index (κ3) is 4.30. The van der Waals surface area contributed by atoms with Gasteiger partial charge in [0.25, 0.3) is 5.91 Å². The van der Waals surface area contributed by atoms with Gasteiger partial charge in [0.15, 0.2) is 0 Å². The standard InChI is InChI=1S/C20H28N4O4S/c1-4-23(5-2)20(25)18-13-21-22-19(18)15-7-6-12-24(14-15)29(26,27)17-10-8-16(28-3)9-11-17/h8-11,13,15H,4-7,12,14H2,1-3H3,(H,21,22)/t15-/m1/s1. The molecular weight excluding hydrogens is 392 g/mol. The Balaban J connectivity index is 1.83. The summed E-state index contributed by atoms with van der Waals surface area (Å²) in [6.45, 7) is 5.87. The Labute approximate surface area is 171 Å². The number of ether oxygens (including phenoxy) is 1. The highest BCUT2D eigenvalue weighted by Crippen LogP contribution is 2.31. The fourth-order valence-corrected chi connectivity index (χ4v) is 5.28. The van der Waals surface area contributed by atoms with E-state index in [1.807, 2.05) is 13.8 Å². The Morgan fingerprint density at radius 2 is 1.97 bits per heavy atom. The molecule has 1 saturated heterocycles. The van der Waals surface area contributed by atoms with Gasteiger partial charge in [0.05, 0.1) is 29.5 Å². The average Bonchev–Trinajstić information content (AvgIpc) is 3.24. The molecule has 158 valence electrons. The minimum absolute atomic E-state index is 0.0751. The number of aromatic amines is 1. The zero-order chi connectivity index (χ0) is 21.0. The summed E-state index contributed by atoms with van der Waals surface area (Å²) in [5.41, 5.74) is 1.25. The lowest BCUT2D eigenvalue weighted by atomic mass is 9.93. The zero-order valence-corrected chi connectivity index (χ0v) is 17.9. The predicted octanol–water partition coefficient (Wildman–Crippen LogP) is 2.47. The van der Waals surface area contributed by atoms with Crippen LogP contribution in [0.1, 0.15) is 48.7 Å². The van der Waals surface area contributed by atoms with Crippen molar-refractivity contribution in [2.45, 2.75) is 37.5 Å². The molecule has 0 unspecified atom stereocenters. The topological polar surface area (TPSA) is 95.6 Å². The maximum atomic E-state index is 13.1. The van der Waals surface area contributed by atoms with Gasteiger partial charge in [-0.05, 0) is 51.0 Å². The smallest absolute Gasteiger partial charge is 0.257 e. The second-order valence-corrected chi connectivity index (χ2v) is 8.99. The van der Waals surface area contributed by atoms with E-state index in [2.05, 4.69) is 10.2 Å². The molecule has 1 aromatic carbocycles. The van der Waals surface area contributed by atoms with Crippen LogP contribution < -0.4 is 4.74 Å². The van der Waals surface area contributed by atoms with Crippen LogP contribution in [-0.2, 0) is 10.0 Å². The third-order valence-corrected chi connectivity index (χ3v) is 7.32. The van der Waals surface area contributed by atoms with Crippen molar-refractivity contribution < 1.29 is 17.9 Å². The average molecular weight is 421 g/mol. The largest absolute Gasteiger partial charge is 0.497 e. The van der Waals surface area contributed by atoms with E-state index < -0.39 is 10.0 Å². The first-order valence-corrected chi connectivity index (χ1v) is 11.3. The third-order valence-electron chi connectivity index (χ3n) is 5.44. The zero-order valence-electron chi connectivity index (χ0n) is 17.1. The lowest BCUT2D eigenvalue weighted by Gasteiger charge is -2.32. The first-order chi connectivity index (χ1) is 13.9. The SMILES string of the molecule is CCN(CC)C(=O)c1cn[nH]c1[C@@H]1CCCN(S(=O)(=O)c2ccc(OC)cc2)C1. The van der Waals surface area contributed by atoms with Gasteiger partial charge in [-0.25, -0.2) is 8.42 Å². The maximum absolute atomic E-state index is 13.1. The Bertz CT molecular complexity index is 936. The van der Waals surface area contributed by atoms with Gasteiger partial charge in [-0.2, -0.15) is 9.40 Å². The molecule has 1 fully saturated rings. The molecule has 1 aliphatic heterocycles. The highest BCUT2D eigenvalue weighted by Gasteiger charge is 2.33. The van der Waals surface area contributed by atoms with Crippen molar-refractivity contribution in [1.29, 1.82) is 0 Å². The summed E-state index contributed by atoms with van der Waals surface area (Å²) < 4.78 is 32.8. The Hall–Kier alpha value is -2.39. The van der Waals surface area contributed by atoms with Crippen LogP contribution in [0, 0.1) is 0 Å². The Kier molecular flexibility index (Phi) is 6.59. The number of hydrogen-bond acceptors (Lipinski definition) is 5. The number of carbonyl (C=O) groups is 1. The first-order valence-electron chi connectivity index (χ1n) is 9.89. The summed E-state index contributed by atoms with van der Waals surface area (Å²) in [5.74, 6) is 0.431. The molecule has 2 aromatic rings. The van der Waals surface area contributed by atoms with E-state index in [1.54, 1.807) is 42.5 Å². The molecule has 0 saturated carbocycles. The number of methoxy groups -OCH3 is 1. The summed E-state index contributed by atoms with van der Waals surface area (Å²) in [7, 11) is -2.08. The van der Waals surface area contributed by atoms with Crippen LogP contribution in [0.15, 0.2) is 35.4 Å². The molecule has 1 N–H and O–H groups in total. The van der Waals surface area contributed by atoms with Crippen molar-refractivity contribution in [1.82, 2.24) is 19.4 Å². The van der Waals surface area contributed by atoms with E-state index in [-0.39, 0.29) is 16.7 Å². The molecule has 29 heavy (non-hydrogen) atoms. The van der Waals surface area contributed by atoms with Gasteiger partial charge in [-0.15, -0.1) is 0 Å². The number of hydrogen-bond donors (Lipinski definition) is 1. The molecular formula is C20H28N4O4S. The minimum atomic E-state index is -3.62. The number of amides is 1. The van der Waals surface area contributed by atoms with E-state index in [9.17, 15) is 13.2 Å². The van der Waals surface area contributed by atoms with Gasteiger partial charge in [-0.3, -0.25) is 9.89 Å². The van der Waals surface area contributed by atoms with Gasteiger partial charge in [-0.1, -0.05) is 0 Å². The Morgan fingerprint density at radius 3 is 2.59 bits per heavy atom. The van der Waals surface area contributed by atoms with Gasteiger partial charge in [0, 0.05) is 32.1 Å². The summed E-state index contributed by atoms with van der Waals surface area (Å²) >= 11 is 0. The number of benzene rings is 1. The van der Waals surface area contributed by atoms with Crippen LogP contribution in [0.3, 0.4) is 0 Å². The molecule has 3 rings (SSSR count). The fraction of sp³-hybridized carbons (Fsp3) is 0.500. The summed E-state index contributed by atoms with van der Waals surface area (Å²) in [6.07, 6.45) is 3.07. The number of carbonyl (C=O) groups excluding carboxylic acids is 1. The van der Waals surface area contributed by atoms with Crippen molar-refractivity contribution in [2.24, 2.45) is 0 Å². The number of nitrogens with one attached hydrogen (secondary N) is 1. The molecule has 0 bridgehead atoms.